The monoisotopic (exact) mass is 203 g/mol. The molecule has 0 aromatic heterocycles. The highest BCUT2D eigenvalue weighted by Gasteiger charge is 2.08. The molecular formula is C13H17NO. The first-order valence-electron chi connectivity index (χ1n) is 5.12. The van der Waals surface area contributed by atoms with Gasteiger partial charge in [0.05, 0.1) is 6.04 Å². The molecule has 1 amide bonds. The first-order valence-corrected chi connectivity index (χ1v) is 5.12. The molecule has 0 spiro atoms. The number of hydrogen-bond acceptors (Lipinski definition) is 1. The molecule has 0 saturated carbocycles. The van der Waals surface area contributed by atoms with E-state index in [0.717, 1.165) is 12.0 Å². The normalized spacial score (nSPS) is 12.7. The number of allylic oxidation sites excluding steroid dienone is 1. The molecule has 0 radical (unpaired) electrons. The zero-order valence-corrected chi connectivity index (χ0v) is 9.45. The molecule has 15 heavy (non-hydrogen) atoms. The number of carbonyl (C=O) groups excluding carboxylic acids is 1. The minimum atomic E-state index is 0.0496. The van der Waals surface area contributed by atoms with Crippen molar-refractivity contribution < 1.29 is 4.79 Å². The number of carbonyl (C=O) groups is 1. The number of rotatable bonds is 4. The van der Waals surface area contributed by atoms with Crippen molar-refractivity contribution in [3.63, 3.8) is 0 Å². The topological polar surface area (TPSA) is 29.1 Å². The van der Waals surface area contributed by atoms with Crippen LogP contribution in [0.4, 0.5) is 0 Å². The second-order valence-electron chi connectivity index (χ2n) is 3.58. The summed E-state index contributed by atoms with van der Waals surface area (Å²) in [7, 11) is 0. The van der Waals surface area contributed by atoms with Crippen molar-refractivity contribution in [1.82, 2.24) is 5.32 Å². The number of amides is 1. The Morgan fingerprint density at radius 1 is 1.40 bits per heavy atom. The van der Waals surface area contributed by atoms with Crippen LogP contribution in [0.3, 0.4) is 0 Å². The van der Waals surface area contributed by atoms with Crippen LogP contribution in [0.25, 0.3) is 6.08 Å². The fourth-order valence-corrected chi connectivity index (χ4v) is 1.67. The lowest BCUT2D eigenvalue weighted by atomic mass is 9.97. The van der Waals surface area contributed by atoms with E-state index >= 15 is 0 Å². The zero-order chi connectivity index (χ0) is 11.3. The molecule has 2 heteroatoms. The molecule has 0 aliphatic rings. The van der Waals surface area contributed by atoms with Crippen LogP contribution >= 0.6 is 0 Å². The second kappa shape index (κ2) is 5.35. The van der Waals surface area contributed by atoms with E-state index in [9.17, 15) is 4.79 Å². The smallest absolute Gasteiger partial charge is 0.207 e. The molecule has 80 valence electrons. The lowest BCUT2D eigenvalue weighted by Crippen LogP contribution is -2.17. The van der Waals surface area contributed by atoms with Crippen LogP contribution in [0.5, 0.6) is 0 Å². The number of aryl methyl sites for hydroxylation is 1. The minimum Gasteiger partial charge on any atom is -0.352 e. The average molecular weight is 203 g/mol. The van der Waals surface area contributed by atoms with Crippen LogP contribution < -0.4 is 5.32 Å². The number of nitrogens with one attached hydrogen (secondary N) is 1. The van der Waals surface area contributed by atoms with Crippen molar-refractivity contribution in [2.45, 2.75) is 26.8 Å². The van der Waals surface area contributed by atoms with Crippen molar-refractivity contribution in [2.24, 2.45) is 0 Å². The Labute approximate surface area is 91.0 Å². The van der Waals surface area contributed by atoms with Gasteiger partial charge in [0.2, 0.25) is 6.41 Å². The standard InChI is InChI=1S/C13H17NO/c1-4-6-12-10(2)7-5-8-13(12)11(3)14-9-15/h4-9,11H,1-3H3,(H,14,15)/b6-4-. The third-order valence-electron chi connectivity index (χ3n) is 2.48. The van der Waals surface area contributed by atoms with Crippen LogP contribution in [0.15, 0.2) is 24.3 Å². The fraction of sp³-hybridized carbons (Fsp3) is 0.308. The third kappa shape index (κ3) is 2.69. The summed E-state index contributed by atoms with van der Waals surface area (Å²) >= 11 is 0. The van der Waals surface area contributed by atoms with E-state index in [2.05, 4.69) is 24.4 Å². The Morgan fingerprint density at radius 2 is 2.13 bits per heavy atom. The van der Waals surface area contributed by atoms with E-state index in [-0.39, 0.29) is 6.04 Å². The summed E-state index contributed by atoms with van der Waals surface area (Å²) in [5, 5.41) is 2.77. The average Bonchev–Trinajstić information content (AvgIpc) is 2.21. The molecule has 1 unspecified atom stereocenters. The molecule has 2 nitrogen and oxygen atoms in total. The van der Waals surface area contributed by atoms with Gasteiger partial charge in [-0.15, -0.1) is 0 Å². The summed E-state index contributed by atoms with van der Waals surface area (Å²) in [5.74, 6) is 0. The summed E-state index contributed by atoms with van der Waals surface area (Å²) in [6.45, 7) is 6.05. The van der Waals surface area contributed by atoms with Gasteiger partial charge in [0.1, 0.15) is 0 Å². The molecule has 0 heterocycles. The zero-order valence-electron chi connectivity index (χ0n) is 9.45. The maximum Gasteiger partial charge on any atom is 0.207 e. The maximum absolute atomic E-state index is 10.4. The highest BCUT2D eigenvalue weighted by atomic mass is 16.1. The minimum absolute atomic E-state index is 0.0496. The van der Waals surface area contributed by atoms with Gasteiger partial charge in [-0.3, -0.25) is 4.79 Å². The van der Waals surface area contributed by atoms with Gasteiger partial charge in [-0.05, 0) is 37.5 Å². The SMILES string of the molecule is C/C=C\c1c(C)cccc1C(C)NC=O. The van der Waals surface area contributed by atoms with Crippen LogP contribution in [0.2, 0.25) is 0 Å². The molecule has 1 rings (SSSR count). The highest BCUT2D eigenvalue weighted by molar-refractivity contribution is 5.59. The van der Waals surface area contributed by atoms with Crippen LogP contribution in [-0.2, 0) is 4.79 Å². The Bertz CT molecular complexity index is 369. The van der Waals surface area contributed by atoms with Gasteiger partial charge in [-0.25, -0.2) is 0 Å². The molecule has 1 N–H and O–H groups in total. The Balaban J connectivity index is 3.15. The molecule has 1 atom stereocenters. The molecule has 1 aromatic carbocycles. The number of benzene rings is 1. The second-order valence-corrected chi connectivity index (χ2v) is 3.58. The van der Waals surface area contributed by atoms with Crippen LogP contribution in [-0.4, -0.2) is 6.41 Å². The van der Waals surface area contributed by atoms with E-state index in [1.165, 1.54) is 11.1 Å². The summed E-state index contributed by atoms with van der Waals surface area (Å²) in [5.41, 5.74) is 3.58. The van der Waals surface area contributed by atoms with Crippen molar-refractivity contribution in [2.75, 3.05) is 0 Å². The lowest BCUT2D eigenvalue weighted by Gasteiger charge is -2.15. The molecular weight excluding hydrogens is 186 g/mol. The summed E-state index contributed by atoms with van der Waals surface area (Å²) in [6.07, 6.45) is 4.83. The molecule has 0 aliphatic heterocycles. The van der Waals surface area contributed by atoms with Crippen molar-refractivity contribution in [3.8, 4) is 0 Å². The molecule has 0 bridgehead atoms. The van der Waals surface area contributed by atoms with Crippen molar-refractivity contribution in [1.29, 1.82) is 0 Å². The van der Waals surface area contributed by atoms with E-state index in [1.54, 1.807) is 0 Å². The van der Waals surface area contributed by atoms with Crippen LogP contribution in [0, 0.1) is 6.92 Å². The van der Waals surface area contributed by atoms with Crippen molar-refractivity contribution in [3.05, 3.63) is 41.0 Å². The van der Waals surface area contributed by atoms with Gasteiger partial charge < -0.3 is 5.32 Å². The molecule has 0 aliphatic carbocycles. The highest BCUT2D eigenvalue weighted by Crippen LogP contribution is 2.22. The molecule has 1 aromatic rings. The third-order valence-corrected chi connectivity index (χ3v) is 2.48. The quantitative estimate of drug-likeness (QED) is 0.749. The summed E-state index contributed by atoms with van der Waals surface area (Å²) < 4.78 is 0. The van der Waals surface area contributed by atoms with Crippen molar-refractivity contribution >= 4 is 12.5 Å². The van der Waals surface area contributed by atoms with Gasteiger partial charge >= 0.3 is 0 Å². The maximum atomic E-state index is 10.4. The van der Waals surface area contributed by atoms with Crippen LogP contribution in [0.1, 0.15) is 36.6 Å². The predicted molar refractivity (Wildman–Crippen MR) is 63.5 cm³/mol. The van der Waals surface area contributed by atoms with E-state index in [4.69, 9.17) is 0 Å². The van der Waals surface area contributed by atoms with Gasteiger partial charge in [0.15, 0.2) is 0 Å². The molecule has 0 fully saturated rings. The first kappa shape index (κ1) is 11.5. The largest absolute Gasteiger partial charge is 0.352 e. The van der Waals surface area contributed by atoms with E-state index < -0.39 is 0 Å². The fourth-order valence-electron chi connectivity index (χ4n) is 1.67. The summed E-state index contributed by atoms with van der Waals surface area (Å²) in [4.78, 5) is 10.4. The first-order chi connectivity index (χ1) is 7.20. The molecule has 0 saturated heterocycles. The number of hydrogen-bond donors (Lipinski definition) is 1. The van der Waals surface area contributed by atoms with Gasteiger partial charge in [0, 0.05) is 0 Å². The summed E-state index contributed by atoms with van der Waals surface area (Å²) in [6, 6.07) is 6.19. The van der Waals surface area contributed by atoms with Gasteiger partial charge in [-0.2, -0.15) is 0 Å². The Hall–Kier alpha value is -1.57. The Kier molecular flexibility index (Phi) is 4.10. The predicted octanol–water partition coefficient (Wildman–Crippen LogP) is 2.84. The van der Waals surface area contributed by atoms with E-state index in [1.807, 2.05) is 32.1 Å². The van der Waals surface area contributed by atoms with Gasteiger partial charge in [-0.1, -0.05) is 30.4 Å². The van der Waals surface area contributed by atoms with E-state index in [0.29, 0.717) is 0 Å². The lowest BCUT2D eigenvalue weighted by molar-refractivity contribution is -0.110. The Morgan fingerprint density at radius 3 is 2.73 bits per heavy atom. The van der Waals surface area contributed by atoms with Gasteiger partial charge in [0.25, 0.3) is 0 Å².